The minimum Gasteiger partial charge on any atom is -0.506 e. The number of benzene rings is 2. The molecule has 0 aliphatic heterocycles. The van der Waals surface area contributed by atoms with E-state index in [1.54, 1.807) is 13.8 Å². The predicted molar refractivity (Wildman–Crippen MR) is 92.6 cm³/mol. The molecule has 0 saturated carbocycles. The molecule has 2 N–H and O–H groups in total. The summed E-state index contributed by atoms with van der Waals surface area (Å²) in [6.07, 6.45) is 0. The number of anilines is 1. The second kappa shape index (κ2) is 7.62. The van der Waals surface area contributed by atoms with Crippen molar-refractivity contribution in [2.45, 2.75) is 18.7 Å². The zero-order valence-corrected chi connectivity index (χ0v) is 14.7. The molecule has 0 radical (unpaired) electrons. The molecule has 1 amide bonds. The van der Waals surface area contributed by atoms with Gasteiger partial charge in [-0.25, -0.2) is 12.8 Å². The maximum Gasteiger partial charge on any atom is 0.255 e. The third-order valence-corrected chi connectivity index (χ3v) is 5.72. The average Bonchev–Trinajstić information content (AvgIpc) is 2.59. The van der Waals surface area contributed by atoms with Crippen molar-refractivity contribution in [1.29, 1.82) is 0 Å². The summed E-state index contributed by atoms with van der Waals surface area (Å²) in [5, 5.41) is 11.9. The summed E-state index contributed by atoms with van der Waals surface area (Å²) in [6.45, 7) is 4.05. The summed E-state index contributed by atoms with van der Waals surface area (Å²) < 4.78 is 40.0. The third-order valence-electron chi connectivity index (χ3n) is 3.67. The van der Waals surface area contributed by atoms with Gasteiger partial charge in [0.05, 0.1) is 4.90 Å². The number of aromatic hydroxyl groups is 1. The van der Waals surface area contributed by atoms with Crippen molar-refractivity contribution < 1.29 is 22.7 Å². The second-order valence-corrected chi connectivity index (χ2v) is 7.14. The van der Waals surface area contributed by atoms with Gasteiger partial charge in [-0.1, -0.05) is 26.0 Å². The van der Waals surface area contributed by atoms with Crippen LogP contribution in [-0.4, -0.2) is 36.8 Å². The second-order valence-electron chi connectivity index (χ2n) is 5.21. The van der Waals surface area contributed by atoms with E-state index >= 15 is 0 Å². The van der Waals surface area contributed by atoms with E-state index in [1.165, 1.54) is 40.7 Å². The van der Waals surface area contributed by atoms with Gasteiger partial charge >= 0.3 is 0 Å². The lowest BCUT2D eigenvalue weighted by Crippen LogP contribution is -2.30. The van der Waals surface area contributed by atoms with E-state index in [0.29, 0.717) is 13.1 Å². The van der Waals surface area contributed by atoms with Crippen molar-refractivity contribution in [3.05, 3.63) is 53.8 Å². The van der Waals surface area contributed by atoms with E-state index < -0.39 is 27.5 Å². The Labute approximate surface area is 146 Å². The molecule has 134 valence electrons. The fourth-order valence-electron chi connectivity index (χ4n) is 2.33. The molecule has 2 rings (SSSR count). The van der Waals surface area contributed by atoms with E-state index in [4.69, 9.17) is 0 Å². The number of phenols is 1. The lowest BCUT2D eigenvalue weighted by atomic mass is 10.2. The smallest absolute Gasteiger partial charge is 0.255 e. The fraction of sp³-hybridized carbons (Fsp3) is 0.235. The number of rotatable bonds is 6. The maximum absolute atomic E-state index is 13.7. The largest absolute Gasteiger partial charge is 0.506 e. The van der Waals surface area contributed by atoms with Gasteiger partial charge in [0, 0.05) is 18.7 Å². The quantitative estimate of drug-likeness (QED) is 0.770. The molecule has 0 atom stereocenters. The highest BCUT2D eigenvalue weighted by Crippen LogP contribution is 2.26. The summed E-state index contributed by atoms with van der Waals surface area (Å²) >= 11 is 0. The van der Waals surface area contributed by atoms with Gasteiger partial charge in [0.25, 0.3) is 5.91 Å². The number of amides is 1. The van der Waals surface area contributed by atoms with E-state index in [-0.39, 0.29) is 16.1 Å². The third kappa shape index (κ3) is 3.97. The van der Waals surface area contributed by atoms with E-state index in [0.717, 1.165) is 6.07 Å². The Hall–Kier alpha value is -2.45. The first-order valence-electron chi connectivity index (χ1n) is 7.70. The zero-order chi connectivity index (χ0) is 18.6. The van der Waals surface area contributed by atoms with E-state index in [2.05, 4.69) is 5.32 Å². The van der Waals surface area contributed by atoms with E-state index in [9.17, 15) is 22.7 Å². The molecule has 0 heterocycles. The Morgan fingerprint density at radius 2 is 1.80 bits per heavy atom. The zero-order valence-electron chi connectivity index (χ0n) is 13.9. The first-order valence-corrected chi connectivity index (χ1v) is 9.14. The van der Waals surface area contributed by atoms with Crippen LogP contribution in [0, 0.1) is 5.82 Å². The van der Waals surface area contributed by atoms with Gasteiger partial charge in [0.15, 0.2) is 5.82 Å². The van der Waals surface area contributed by atoms with Gasteiger partial charge in [-0.2, -0.15) is 4.31 Å². The van der Waals surface area contributed by atoms with Gasteiger partial charge in [-0.05, 0) is 30.3 Å². The average molecular weight is 366 g/mol. The molecule has 0 aromatic heterocycles. The molecule has 0 saturated heterocycles. The molecule has 0 unspecified atom stereocenters. The number of carbonyl (C=O) groups is 1. The van der Waals surface area contributed by atoms with Crippen LogP contribution in [0.3, 0.4) is 0 Å². The van der Waals surface area contributed by atoms with Crippen LogP contribution >= 0.6 is 0 Å². The fourth-order valence-corrected chi connectivity index (χ4v) is 3.84. The molecule has 0 aliphatic carbocycles. The number of hydrogen-bond donors (Lipinski definition) is 2. The summed E-state index contributed by atoms with van der Waals surface area (Å²) in [5.74, 6) is -1.93. The molecule has 2 aromatic rings. The summed E-state index contributed by atoms with van der Waals surface area (Å²) in [5.41, 5.74) is -0.319. The SMILES string of the molecule is CCN(CC)S(=O)(=O)c1cccc(C(=O)Nc2c(O)cccc2F)c1. The van der Waals surface area contributed by atoms with Crippen LogP contribution in [-0.2, 0) is 10.0 Å². The van der Waals surface area contributed by atoms with Crippen molar-refractivity contribution in [1.82, 2.24) is 4.31 Å². The minimum absolute atomic E-state index is 0.0263. The predicted octanol–water partition coefficient (Wildman–Crippen LogP) is 2.81. The number of nitrogens with one attached hydrogen (secondary N) is 1. The van der Waals surface area contributed by atoms with Crippen molar-refractivity contribution >= 4 is 21.6 Å². The molecule has 25 heavy (non-hydrogen) atoms. The Bertz CT molecular complexity index is 860. The van der Waals surface area contributed by atoms with Crippen molar-refractivity contribution in [2.75, 3.05) is 18.4 Å². The van der Waals surface area contributed by atoms with Crippen molar-refractivity contribution in [3.63, 3.8) is 0 Å². The molecular formula is C17H19FN2O4S. The molecular weight excluding hydrogens is 347 g/mol. The molecule has 2 aromatic carbocycles. The van der Waals surface area contributed by atoms with Crippen LogP contribution in [0.5, 0.6) is 5.75 Å². The number of halogens is 1. The molecule has 6 nitrogen and oxygen atoms in total. The number of phenolic OH excluding ortho intramolecular Hbond substituents is 1. The van der Waals surface area contributed by atoms with Gasteiger partial charge in [-0.3, -0.25) is 4.79 Å². The normalized spacial score (nSPS) is 11.5. The summed E-state index contributed by atoms with van der Waals surface area (Å²) in [4.78, 5) is 12.3. The highest BCUT2D eigenvalue weighted by atomic mass is 32.2. The molecule has 0 aliphatic rings. The number of hydrogen-bond acceptors (Lipinski definition) is 4. The van der Waals surface area contributed by atoms with Gasteiger partial charge < -0.3 is 10.4 Å². The number of carbonyl (C=O) groups excluding carboxylic acids is 1. The number of sulfonamides is 1. The summed E-state index contributed by atoms with van der Waals surface area (Å²) in [6, 6.07) is 9.10. The van der Waals surface area contributed by atoms with Gasteiger partial charge in [0.2, 0.25) is 10.0 Å². The highest BCUT2D eigenvalue weighted by Gasteiger charge is 2.23. The van der Waals surface area contributed by atoms with Crippen LogP contribution in [0.2, 0.25) is 0 Å². The van der Waals surface area contributed by atoms with Crippen LogP contribution in [0.25, 0.3) is 0 Å². The molecule has 0 bridgehead atoms. The lowest BCUT2D eigenvalue weighted by molar-refractivity contribution is 0.102. The van der Waals surface area contributed by atoms with Crippen molar-refractivity contribution in [2.24, 2.45) is 0 Å². The maximum atomic E-state index is 13.7. The molecule has 0 spiro atoms. The van der Waals surface area contributed by atoms with Crippen LogP contribution in [0.4, 0.5) is 10.1 Å². The Morgan fingerprint density at radius 3 is 2.40 bits per heavy atom. The standard InChI is InChI=1S/C17H19FN2O4S/c1-3-20(4-2)25(23,24)13-8-5-7-12(11-13)17(22)19-16-14(18)9-6-10-15(16)21/h5-11,21H,3-4H2,1-2H3,(H,19,22). The van der Waals surface area contributed by atoms with Crippen LogP contribution in [0.1, 0.15) is 24.2 Å². The monoisotopic (exact) mass is 366 g/mol. The van der Waals surface area contributed by atoms with Crippen molar-refractivity contribution in [3.8, 4) is 5.75 Å². The first-order chi connectivity index (χ1) is 11.8. The first kappa shape index (κ1) is 18.9. The molecule has 0 fully saturated rings. The van der Waals surface area contributed by atoms with Gasteiger partial charge in [0.1, 0.15) is 11.4 Å². The summed E-state index contributed by atoms with van der Waals surface area (Å²) in [7, 11) is -3.72. The molecule has 8 heteroatoms. The topological polar surface area (TPSA) is 86.7 Å². The lowest BCUT2D eigenvalue weighted by Gasteiger charge is -2.18. The van der Waals surface area contributed by atoms with Crippen LogP contribution < -0.4 is 5.32 Å². The number of nitrogens with zero attached hydrogens (tertiary/aromatic N) is 1. The highest BCUT2D eigenvalue weighted by molar-refractivity contribution is 7.89. The van der Waals surface area contributed by atoms with E-state index in [1.807, 2.05) is 0 Å². The Balaban J connectivity index is 2.34. The Kier molecular flexibility index (Phi) is 5.76. The van der Waals surface area contributed by atoms with Crippen LogP contribution in [0.15, 0.2) is 47.4 Å². The Morgan fingerprint density at radius 1 is 1.16 bits per heavy atom. The van der Waals surface area contributed by atoms with Gasteiger partial charge in [-0.15, -0.1) is 0 Å². The minimum atomic E-state index is -3.72. The number of para-hydroxylation sites is 1.